The summed E-state index contributed by atoms with van der Waals surface area (Å²) in [6.07, 6.45) is 2.04. The molecule has 0 aliphatic carbocycles. The van der Waals surface area contributed by atoms with Crippen LogP contribution in [0.5, 0.6) is 0 Å². The van der Waals surface area contributed by atoms with E-state index in [1.807, 2.05) is 6.26 Å². The van der Waals surface area contributed by atoms with Gasteiger partial charge in [-0.2, -0.15) is 0 Å². The summed E-state index contributed by atoms with van der Waals surface area (Å²) in [7, 11) is -0.280. The number of benzene rings is 1. The molecular formula is C15H24BNO2S. The average molecular weight is 293 g/mol. The molecule has 1 heterocycles. The second-order valence-corrected chi connectivity index (χ2v) is 6.94. The molecule has 0 amide bonds. The van der Waals surface area contributed by atoms with Crippen LogP contribution >= 0.6 is 11.9 Å². The van der Waals surface area contributed by atoms with Gasteiger partial charge in [-0.3, -0.25) is 4.72 Å². The Labute approximate surface area is 127 Å². The van der Waals surface area contributed by atoms with Crippen LogP contribution in [0, 0.1) is 0 Å². The summed E-state index contributed by atoms with van der Waals surface area (Å²) in [5, 5.41) is 0. The van der Waals surface area contributed by atoms with Gasteiger partial charge in [-0.05, 0) is 51.9 Å². The molecular weight excluding hydrogens is 269 g/mol. The molecule has 110 valence electrons. The van der Waals surface area contributed by atoms with Crippen molar-refractivity contribution in [2.75, 3.05) is 6.26 Å². The van der Waals surface area contributed by atoms with Crippen LogP contribution < -0.4 is 10.2 Å². The average Bonchev–Trinajstić information content (AvgIpc) is 2.59. The zero-order valence-corrected chi connectivity index (χ0v) is 14.0. The highest BCUT2D eigenvalue weighted by atomic mass is 32.2. The maximum Gasteiger partial charge on any atom is 0.494 e. The van der Waals surface area contributed by atoms with Gasteiger partial charge < -0.3 is 9.31 Å². The van der Waals surface area contributed by atoms with Crippen LogP contribution in [0.3, 0.4) is 0 Å². The summed E-state index contributed by atoms with van der Waals surface area (Å²) in [6, 6.07) is 8.78. The Morgan fingerprint density at radius 3 is 2.00 bits per heavy atom. The van der Waals surface area contributed by atoms with Crippen LogP contribution in [-0.2, 0) is 9.31 Å². The van der Waals surface area contributed by atoms with Crippen LogP contribution in [0.25, 0.3) is 0 Å². The fourth-order valence-electron chi connectivity index (χ4n) is 2.17. The lowest BCUT2D eigenvalue weighted by Crippen LogP contribution is -2.41. The maximum absolute atomic E-state index is 6.06. The first kappa shape index (κ1) is 15.9. The molecule has 0 spiro atoms. The predicted molar refractivity (Wildman–Crippen MR) is 87.2 cm³/mol. The van der Waals surface area contributed by atoms with Gasteiger partial charge in [0.2, 0.25) is 0 Å². The van der Waals surface area contributed by atoms with Gasteiger partial charge in [0.05, 0.1) is 11.2 Å². The molecule has 0 bridgehead atoms. The zero-order chi connectivity index (χ0) is 15.0. The van der Waals surface area contributed by atoms with Gasteiger partial charge in [-0.15, -0.1) is 0 Å². The zero-order valence-electron chi connectivity index (χ0n) is 13.2. The third-order valence-electron chi connectivity index (χ3n) is 4.26. The molecule has 0 saturated carbocycles. The number of rotatable bonds is 4. The second kappa shape index (κ2) is 5.72. The van der Waals surface area contributed by atoms with Gasteiger partial charge in [0.15, 0.2) is 0 Å². The molecule has 1 aliphatic rings. The normalized spacial score (nSPS) is 22.0. The molecule has 2 rings (SSSR count). The van der Waals surface area contributed by atoms with Gasteiger partial charge in [0.1, 0.15) is 0 Å². The highest BCUT2D eigenvalue weighted by Crippen LogP contribution is 2.36. The predicted octanol–water partition coefficient (Wildman–Crippen LogP) is 2.91. The standard InChI is InChI=1S/C15H24BNO2S/c1-11(17-20-6)12-7-9-13(10-8-12)16-18-14(2,3)15(4,5)19-16/h7-11,17H,1-6H3/t11-/m1/s1. The molecule has 0 aromatic heterocycles. The van der Waals surface area contributed by atoms with Crippen LogP contribution in [-0.4, -0.2) is 24.6 Å². The van der Waals surface area contributed by atoms with E-state index in [1.165, 1.54) is 5.56 Å². The Morgan fingerprint density at radius 2 is 1.55 bits per heavy atom. The van der Waals surface area contributed by atoms with Crippen molar-refractivity contribution in [1.82, 2.24) is 4.72 Å². The topological polar surface area (TPSA) is 30.5 Å². The van der Waals surface area contributed by atoms with E-state index < -0.39 is 0 Å². The molecule has 20 heavy (non-hydrogen) atoms. The molecule has 1 fully saturated rings. The van der Waals surface area contributed by atoms with Crippen molar-refractivity contribution in [2.24, 2.45) is 0 Å². The minimum atomic E-state index is -0.288. The van der Waals surface area contributed by atoms with E-state index in [1.54, 1.807) is 11.9 Å². The lowest BCUT2D eigenvalue weighted by molar-refractivity contribution is 0.00578. The number of hydrogen-bond donors (Lipinski definition) is 1. The molecule has 0 radical (unpaired) electrons. The van der Waals surface area contributed by atoms with Gasteiger partial charge in [-0.1, -0.05) is 36.2 Å². The minimum Gasteiger partial charge on any atom is -0.399 e. The molecule has 1 N–H and O–H groups in total. The SMILES string of the molecule is CSN[C@H](C)c1ccc(B2OC(C)(C)C(C)(C)O2)cc1. The quantitative estimate of drug-likeness (QED) is 0.683. The largest absolute Gasteiger partial charge is 0.494 e. The van der Waals surface area contributed by atoms with E-state index in [4.69, 9.17) is 9.31 Å². The first-order valence-electron chi connectivity index (χ1n) is 7.01. The highest BCUT2D eigenvalue weighted by molar-refractivity contribution is 7.96. The molecule has 1 saturated heterocycles. The van der Waals surface area contributed by atoms with Crippen molar-refractivity contribution in [1.29, 1.82) is 0 Å². The molecule has 1 aromatic rings. The smallest absolute Gasteiger partial charge is 0.399 e. The molecule has 3 nitrogen and oxygen atoms in total. The molecule has 5 heteroatoms. The summed E-state index contributed by atoms with van der Waals surface area (Å²) in [5.74, 6) is 0. The summed E-state index contributed by atoms with van der Waals surface area (Å²) in [5.41, 5.74) is 1.76. The monoisotopic (exact) mass is 293 g/mol. The van der Waals surface area contributed by atoms with Crippen molar-refractivity contribution in [3.05, 3.63) is 29.8 Å². The summed E-state index contributed by atoms with van der Waals surface area (Å²) in [6.45, 7) is 10.5. The van der Waals surface area contributed by atoms with E-state index in [0.29, 0.717) is 6.04 Å². The Hall–Kier alpha value is -0.485. The van der Waals surface area contributed by atoms with E-state index in [-0.39, 0.29) is 18.3 Å². The number of hydrogen-bond acceptors (Lipinski definition) is 4. The fourth-order valence-corrected chi connectivity index (χ4v) is 2.66. The van der Waals surface area contributed by atoms with Crippen molar-refractivity contribution in [3.8, 4) is 0 Å². The van der Waals surface area contributed by atoms with Gasteiger partial charge in [-0.25, -0.2) is 0 Å². The van der Waals surface area contributed by atoms with Gasteiger partial charge >= 0.3 is 7.12 Å². The van der Waals surface area contributed by atoms with Crippen molar-refractivity contribution >= 4 is 24.5 Å². The van der Waals surface area contributed by atoms with E-state index >= 15 is 0 Å². The highest BCUT2D eigenvalue weighted by Gasteiger charge is 2.51. The summed E-state index contributed by atoms with van der Waals surface area (Å²) in [4.78, 5) is 0. The Morgan fingerprint density at radius 1 is 1.05 bits per heavy atom. The van der Waals surface area contributed by atoms with Crippen LogP contribution in [0.1, 0.15) is 46.2 Å². The molecule has 1 atom stereocenters. The van der Waals surface area contributed by atoms with Crippen LogP contribution in [0.2, 0.25) is 0 Å². The second-order valence-electron chi connectivity index (χ2n) is 6.30. The third kappa shape index (κ3) is 3.06. The number of nitrogens with one attached hydrogen (secondary N) is 1. The lowest BCUT2D eigenvalue weighted by Gasteiger charge is -2.32. The Kier molecular flexibility index (Phi) is 4.55. The van der Waals surface area contributed by atoms with E-state index in [2.05, 4.69) is 63.6 Å². The first-order chi connectivity index (χ1) is 9.27. The Bertz CT molecular complexity index is 445. The summed E-state index contributed by atoms with van der Waals surface area (Å²) >= 11 is 1.63. The van der Waals surface area contributed by atoms with E-state index in [0.717, 1.165) is 5.46 Å². The summed E-state index contributed by atoms with van der Waals surface area (Å²) < 4.78 is 15.4. The van der Waals surface area contributed by atoms with Crippen molar-refractivity contribution < 1.29 is 9.31 Å². The van der Waals surface area contributed by atoms with Crippen LogP contribution in [0.15, 0.2) is 24.3 Å². The molecule has 1 aliphatic heterocycles. The maximum atomic E-state index is 6.06. The van der Waals surface area contributed by atoms with Gasteiger partial charge in [0, 0.05) is 6.04 Å². The molecule has 1 aromatic carbocycles. The van der Waals surface area contributed by atoms with E-state index in [9.17, 15) is 0 Å². The minimum absolute atomic E-state index is 0.280. The van der Waals surface area contributed by atoms with Gasteiger partial charge in [0.25, 0.3) is 0 Å². The lowest BCUT2D eigenvalue weighted by atomic mass is 9.78. The van der Waals surface area contributed by atoms with Crippen molar-refractivity contribution in [3.63, 3.8) is 0 Å². The Balaban J connectivity index is 2.12. The third-order valence-corrected chi connectivity index (χ3v) is 4.85. The van der Waals surface area contributed by atoms with Crippen LogP contribution in [0.4, 0.5) is 0 Å². The molecule has 0 unspecified atom stereocenters. The van der Waals surface area contributed by atoms with Crippen molar-refractivity contribution in [2.45, 2.75) is 51.9 Å². The fraction of sp³-hybridized carbons (Fsp3) is 0.600. The first-order valence-corrected chi connectivity index (χ1v) is 8.23.